The van der Waals surface area contributed by atoms with Gasteiger partial charge in [-0.25, -0.2) is 13.2 Å². The number of nitro benzene ring substituents is 1. The van der Waals surface area contributed by atoms with Crippen molar-refractivity contribution >= 4 is 44.8 Å². The Kier molecular flexibility index (Phi) is 9.12. The summed E-state index contributed by atoms with van der Waals surface area (Å²) in [4.78, 5) is 42.2. The molecular formula is C26H31N5O7S. The standard InChI is InChI=1S/C26H31N5O7S/c32-25(28-20-8-7-9-21(17-20)39(36,37)29-24-10-3-1-4-13-27-24)18-38-26(33)19-11-12-22(23(16-19)31(34)35)30-14-5-2-6-15-30/h7-9,11-12,16-17H,1-6,10,13-15,18H2,(H,27,29)(H,28,32). The predicted octanol–water partition coefficient (Wildman–Crippen LogP) is 3.63. The molecule has 0 aliphatic carbocycles. The van der Waals surface area contributed by atoms with Crippen molar-refractivity contribution in [2.24, 2.45) is 4.99 Å². The minimum Gasteiger partial charge on any atom is -0.452 e. The highest BCUT2D eigenvalue weighted by Gasteiger charge is 2.24. The van der Waals surface area contributed by atoms with Gasteiger partial charge in [0.2, 0.25) is 0 Å². The molecule has 0 atom stereocenters. The van der Waals surface area contributed by atoms with Crippen LogP contribution in [0.25, 0.3) is 0 Å². The second-order valence-electron chi connectivity index (χ2n) is 9.41. The molecule has 208 valence electrons. The molecule has 4 rings (SSSR count). The van der Waals surface area contributed by atoms with Crippen molar-refractivity contribution < 1.29 is 27.7 Å². The highest BCUT2D eigenvalue weighted by molar-refractivity contribution is 7.90. The third kappa shape index (κ3) is 7.53. The van der Waals surface area contributed by atoms with E-state index < -0.39 is 33.4 Å². The number of hydrogen-bond donors (Lipinski definition) is 2. The molecule has 1 saturated heterocycles. The van der Waals surface area contributed by atoms with Crippen LogP contribution >= 0.6 is 0 Å². The van der Waals surface area contributed by atoms with Crippen molar-refractivity contribution in [3.05, 3.63) is 58.1 Å². The summed E-state index contributed by atoms with van der Waals surface area (Å²) in [5, 5.41) is 14.1. The molecule has 0 radical (unpaired) electrons. The molecule has 2 aromatic rings. The first-order valence-electron chi connectivity index (χ1n) is 12.9. The summed E-state index contributed by atoms with van der Waals surface area (Å²) in [6.07, 6.45) is 6.26. The van der Waals surface area contributed by atoms with Gasteiger partial charge in [-0.1, -0.05) is 12.5 Å². The van der Waals surface area contributed by atoms with E-state index in [9.17, 15) is 28.1 Å². The van der Waals surface area contributed by atoms with Gasteiger partial charge < -0.3 is 15.0 Å². The number of carbonyl (C=O) groups excluding carboxylic acids is 2. The van der Waals surface area contributed by atoms with Crippen LogP contribution in [0.1, 0.15) is 55.3 Å². The van der Waals surface area contributed by atoms with Gasteiger partial charge in [0.15, 0.2) is 6.61 Å². The zero-order chi connectivity index (χ0) is 27.8. The number of sulfonamides is 1. The Balaban J connectivity index is 1.36. The summed E-state index contributed by atoms with van der Waals surface area (Å²) in [6.45, 7) is 1.32. The van der Waals surface area contributed by atoms with Crippen molar-refractivity contribution in [1.29, 1.82) is 0 Å². The number of esters is 1. The van der Waals surface area contributed by atoms with Crippen LogP contribution in [0.3, 0.4) is 0 Å². The molecule has 0 aromatic heterocycles. The molecule has 0 bridgehead atoms. The number of nitrogens with one attached hydrogen (secondary N) is 2. The first kappa shape index (κ1) is 28.0. The number of piperidine rings is 1. The Morgan fingerprint density at radius 3 is 2.56 bits per heavy atom. The maximum absolute atomic E-state index is 12.8. The molecule has 0 spiro atoms. The summed E-state index contributed by atoms with van der Waals surface area (Å²) < 4.78 is 33.2. The number of benzene rings is 2. The van der Waals surface area contributed by atoms with Gasteiger partial charge in [0.1, 0.15) is 11.5 Å². The SMILES string of the molecule is O=C(COC(=O)c1ccc(N2CCCCC2)c([N+](=O)[O-])c1)Nc1cccc(S(=O)(=O)NC2=NCCCCC2)c1. The van der Waals surface area contributed by atoms with E-state index in [1.54, 1.807) is 0 Å². The topological polar surface area (TPSA) is 160 Å². The lowest BCUT2D eigenvalue weighted by Crippen LogP contribution is -2.30. The predicted molar refractivity (Wildman–Crippen MR) is 146 cm³/mol. The van der Waals surface area contributed by atoms with Crippen LogP contribution in [0.4, 0.5) is 17.1 Å². The molecule has 1 fully saturated rings. The maximum atomic E-state index is 12.8. The van der Waals surface area contributed by atoms with Crippen LogP contribution in [-0.2, 0) is 19.6 Å². The number of nitrogens with zero attached hydrogens (tertiary/aromatic N) is 3. The van der Waals surface area contributed by atoms with Gasteiger partial charge in [-0.15, -0.1) is 0 Å². The van der Waals surface area contributed by atoms with Gasteiger partial charge in [-0.3, -0.25) is 24.6 Å². The fraction of sp³-hybridized carbons (Fsp3) is 0.423. The smallest absolute Gasteiger partial charge is 0.338 e. The Bertz CT molecular complexity index is 1370. The Hall–Kier alpha value is -4.00. The number of amides is 1. The quantitative estimate of drug-likeness (QED) is 0.283. The number of aliphatic imine (C=N–C) groups is 1. The van der Waals surface area contributed by atoms with E-state index in [1.807, 2.05) is 4.90 Å². The largest absolute Gasteiger partial charge is 0.452 e. The van der Waals surface area contributed by atoms with Gasteiger partial charge in [-0.2, -0.15) is 0 Å². The van der Waals surface area contributed by atoms with Crippen LogP contribution in [0.5, 0.6) is 0 Å². The Labute approximate surface area is 226 Å². The lowest BCUT2D eigenvalue weighted by atomic mass is 10.1. The average Bonchev–Trinajstić information content (AvgIpc) is 3.20. The summed E-state index contributed by atoms with van der Waals surface area (Å²) in [7, 11) is -3.90. The third-order valence-corrected chi connectivity index (χ3v) is 7.87. The molecule has 2 aliphatic rings. The number of anilines is 2. The van der Waals surface area contributed by atoms with Crippen LogP contribution in [0.15, 0.2) is 52.4 Å². The first-order valence-corrected chi connectivity index (χ1v) is 14.4. The molecule has 1 amide bonds. The zero-order valence-corrected chi connectivity index (χ0v) is 22.2. The van der Waals surface area contributed by atoms with Crippen LogP contribution in [0.2, 0.25) is 0 Å². The minimum atomic E-state index is -3.90. The molecule has 0 saturated carbocycles. The number of rotatable bonds is 8. The van der Waals surface area contributed by atoms with E-state index in [-0.39, 0.29) is 21.8 Å². The fourth-order valence-corrected chi connectivity index (χ4v) is 5.66. The van der Waals surface area contributed by atoms with Crippen molar-refractivity contribution in [3.8, 4) is 0 Å². The van der Waals surface area contributed by atoms with Crippen LogP contribution < -0.4 is 14.9 Å². The van der Waals surface area contributed by atoms with Gasteiger partial charge in [-0.05, 0) is 62.4 Å². The molecule has 39 heavy (non-hydrogen) atoms. The van der Waals surface area contributed by atoms with E-state index in [4.69, 9.17) is 4.74 Å². The summed E-state index contributed by atoms with van der Waals surface area (Å²) in [6, 6.07) is 9.80. The van der Waals surface area contributed by atoms with Crippen molar-refractivity contribution in [1.82, 2.24) is 4.72 Å². The molecule has 13 heteroatoms. The van der Waals surface area contributed by atoms with Gasteiger partial charge in [0.05, 0.1) is 15.4 Å². The molecular weight excluding hydrogens is 526 g/mol. The van der Waals surface area contributed by atoms with Crippen molar-refractivity contribution in [2.75, 3.05) is 36.5 Å². The summed E-state index contributed by atoms with van der Waals surface area (Å²) in [5.41, 5.74) is 0.404. The highest BCUT2D eigenvalue weighted by Crippen LogP contribution is 2.31. The molecule has 0 unspecified atom stereocenters. The van der Waals surface area contributed by atoms with Crippen LogP contribution in [0, 0.1) is 10.1 Å². The van der Waals surface area contributed by atoms with Crippen LogP contribution in [-0.4, -0.2) is 57.3 Å². The number of amidine groups is 1. The van der Waals surface area contributed by atoms with Gasteiger partial charge >= 0.3 is 5.97 Å². The zero-order valence-electron chi connectivity index (χ0n) is 21.4. The monoisotopic (exact) mass is 557 g/mol. The minimum absolute atomic E-state index is 0.0455. The highest BCUT2D eigenvalue weighted by atomic mass is 32.2. The van der Waals surface area contributed by atoms with E-state index in [2.05, 4.69) is 15.0 Å². The van der Waals surface area contributed by atoms with E-state index in [0.717, 1.165) is 44.6 Å². The Morgan fingerprint density at radius 2 is 1.79 bits per heavy atom. The lowest BCUT2D eigenvalue weighted by molar-refractivity contribution is -0.384. The lowest BCUT2D eigenvalue weighted by Gasteiger charge is -2.28. The average molecular weight is 558 g/mol. The van der Waals surface area contributed by atoms with Gasteiger partial charge in [0, 0.05) is 37.8 Å². The molecule has 12 nitrogen and oxygen atoms in total. The Morgan fingerprint density at radius 1 is 1.03 bits per heavy atom. The van der Waals surface area contributed by atoms with E-state index in [0.29, 0.717) is 37.6 Å². The second-order valence-corrected chi connectivity index (χ2v) is 11.1. The second kappa shape index (κ2) is 12.7. The first-order chi connectivity index (χ1) is 18.7. The number of carbonyl (C=O) groups is 2. The fourth-order valence-electron chi connectivity index (χ4n) is 4.52. The van der Waals surface area contributed by atoms with Crippen molar-refractivity contribution in [2.45, 2.75) is 49.8 Å². The molecule has 2 N–H and O–H groups in total. The van der Waals surface area contributed by atoms with E-state index in [1.165, 1.54) is 36.4 Å². The number of nitro groups is 1. The summed E-state index contributed by atoms with van der Waals surface area (Å²) >= 11 is 0. The number of hydrogen-bond acceptors (Lipinski definition) is 9. The van der Waals surface area contributed by atoms with Crippen molar-refractivity contribution in [3.63, 3.8) is 0 Å². The maximum Gasteiger partial charge on any atom is 0.338 e. The molecule has 2 aliphatic heterocycles. The molecule has 2 aromatic carbocycles. The summed E-state index contributed by atoms with van der Waals surface area (Å²) in [5.74, 6) is -1.17. The molecule has 2 heterocycles. The van der Waals surface area contributed by atoms with E-state index >= 15 is 0 Å². The number of ether oxygens (including phenoxy) is 1. The van der Waals surface area contributed by atoms with Gasteiger partial charge in [0.25, 0.3) is 21.6 Å². The third-order valence-electron chi connectivity index (χ3n) is 6.49. The normalized spacial score (nSPS) is 16.0.